The Bertz CT molecular complexity index is 542. The number of tetrazole rings is 1. The molecule has 0 aliphatic heterocycles. The first kappa shape index (κ1) is 11.9. The molecule has 0 aromatic carbocycles. The third-order valence-electron chi connectivity index (χ3n) is 2.07. The molecule has 94 valence electrons. The van der Waals surface area contributed by atoms with Crippen LogP contribution < -0.4 is 16.6 Å². The van der Waals surface area contributed by atoms with Gasteiger partial charge < -0.3 is 10.7 Å². The second kappa shape index (κ2) is 5.14. The monoisotopic (exact) mass is 252 g/mol. The van der Waals surface area contributed by atoms with E-state index in [4.69, 9.17) is 5.84 Å². The van der Waals surface area contributed by atoms with Crippen molar-refractivity contribution in [3.63, 3.8) is 0 Å². The highest BCUT2D eigenvalue weighted by molar-refractivity contribution is 5.95. The van der Waals surface area contributed by atoms with Crippen LogP contribution in [-0.4, -0.2) is 31.5 Å². The van der Waals surface area contributed by atoms with Crippen molar-refractivity contribution >= 4 is 11.7 Å². The maximum absolute atomic E-state index is 13.7. The molecule has 9 nitrogen and oxygen atoms in total. The smallest absolute Gasteiger partial charge is 0.254 e. The van der Waals surface area contributed by atoms with E-state index in [1.54, 1.807) is 0 Å². The van der Waals surface area contributed by atoms with Crippen LogP contribution in [0.4, 0.5) is 10.2 Å². The first-order chi connectivity index (χ1) is 8.72. The molecule has 0 fully saturated rings. The minimum absolute atomic E-state index is 0.0302. The number of nitrogens with one attached hydrogen (secondary N) is 3. The van der Waals surface area contributed by atoms with E-state index in [9.17, 15) is 9.18 Å². The summed E-state index contributed by atoms with van der Waals surface area (Å²) in [5.41, 5.74) is 1.88. The molecule has 1 amide bonds. The lowest BCUT2D eigenvalue weighted by Gasteiger charge is -2.06. The van der Waals surface area contributed by atoms with Crippen molar-refractivity contribution in [2.45, 2.75) is 6.54 Å². The normalized spacial score (nSPS) is 10.1. The average Bonchev–Trinajstić information content (AvgIpc) is 2.89. The van der Waals surface area contributed by atoms with Crippen LogP contribution in [0.2, 0.25) is 0 Å². The molecule has 0 saturated carbocycles. The summed E-state index contributed by atoms with van der Waals surface area (Å²) in [5.74, 6) is 3.68. The first-order valence-corrected chi connectivity index (χ1v) is 4.84. The van der Waals surface area contributed by atoms with Gasteiger partial charge in [0, 0.05) is 6.20 Å². The zero-order chi connectivity index (χ0) is 13.0. The fraction of sp³-hybridized carbons (Fsp3) is 0.125. The molecule has 0 atom stereocenters. The molecule has 18 heavy (non-hydrogen) atoms. The fourth-order valence-electron chi connectivity index (χ4n) is 1.23. The quantitative estimate of drug-likeness (QED) is 0.402. The highest BCUT2D eigenvalue weighted by Crippen LogP contribution is 2.13. The second-order valence-corrected chi connectivity index (χ2v) is 3.18. The van der Waals surface area contributed by atoms with Crippen molar-refractivity contribution in [3.05, 3.63) is 29.5 Å². The van der Waals surface area contributed by atoms with Gasteiger partial charge in [-0.1, -0.05) is 5.21 Å². The van der Waals surface area contributed by atoms with Gasteiger partial charge in [-0.25, -0.2) is 15.2 Å². The molecule has 0 saturated heterocycles. The number of aromatic amines is 1. The summed E-state index contributed by atoms with van der Waals surface area (Å²) in [5, 5.41) is 15.3. The van der Waals surface area contributed by atoms with Gasteiger partial charge >= 0.3 is 0 Å². The van der Waals surface area contributed by atoms with Crippen LogP contribution in [0, 0.1) is 5.82 Å². The van der Waals surface area contributed by atoms with E-state index < -0.39 is 11.7 Å². The van der Waals surface area contributed by atoms with Crippen molar-refractivity contribution in [2.75, 3.05) is 5.43 Å². The fourth-order valence-corrected chi connectivity index (χ4v) is 1.23. The predicted molar refractivity (Wildman–Crippen MR) is 57.4 cm³/mol. The molecule has 0 radical (unpaired) electrons. The summed E-state index contributed by atoms with van der Waals surface area (Å²) in [6, 6.07) is 1.24. The maximum Gasteiger partial charge on any atom is 0.254 e. The van der Waals surface area contributed by atoms with Crippen LogP contribution >= 0.6 is 0 Å². The molecule has 0 aliphatic rings. The molecule has 10 heteroatoms. The number of anilines is 1. The summed E-state index contributed by atoms with van der Waals surface area (Å²) in [6.07, 6.45) is 1.27. The minimum Gasteiger partial charge on any atom is -0.344 e. The molecule has 2 aromatic rings. The third-order valence-corrected chi connectivity index (χ3v) is 2.07. The molecule has 0 unspecified atom stereocenters. The molecular weight excluding hydrogens is 243 g/mol. The molecule has 2 rings (SSSR count). The summed E-state index contributed by atoms with van der Waals surface area (Å²) in [7, 11) is 0. The van der Waals surface area contributed by atoms with E-state index in [1.165, 1.54) is 12.3 Å². The number of rotatable bonds is 4. The number of carbonyl (C=O) groups excluding carboxylic acids is 1. The Balaban J connectivity index is 2.09. The van der Waals surface area contributed by atoms with Gasteiger partial charge in [0.15, 0.2) is 17.5 Å². The predicted octanol–water partition coefficient (Wildman–Crippen LogP) is -1.05. The Morgan fingerprint density at radius 2 is 2.39 bits per heavy atom. The van der Waals surface area contributed by atoms with Crippen LogP contribution in [0.3, 0.4) is 0 Å². The second-order valence-electron chi connectivity index (χ2n) is 3.18. The molecule has 0 aliphatic carbocycles. The van der Waals surface area contributed by atoms with Gasteiger partial charge in [-0.3, -0.25) is 4.79 Å². The van der Waals surface area contributed by atoms with E-state index >= 15 is 0 Å². The Morgan fingerprint density at radius 3 is 3.06 bits per heavy atom. The van der Waals surface area contributed by atoms with E-state index in [-0.39, 0.29) is 23.8 Å². The number of hydrogen-bond acceptors (Lipinski definition) is 7. The molecule has 0 spiro atoms. The highest BCUT2D eigenvalue weighted by Gasteiger charge is 2.15. The summed E-state index contributed by atoms with van der Waals surface area (Å²) >= 11 is 0. The van der Waals surface area contributed by atoms with Crippen LogP contribution in [0.5, 0.6) is 0 Å². The van der Waals surface area contributed by atoms with Gasteiger partial charge in [-0.2, -0.15) is 5.21 Å². The number of hydrogen-bond donors (Lipinski definition) is 4. The minimum atomic E-state index is -0.828. The number of nitrogen functional groups attached to an aromatic ring is 1. The molecule has 2 aromatic heterocycles. The number of amides is 1. The van der Waals surface area contributed by atoms with Crippen molar-refractivity contribution in [3.8, 4) is 0 Å². The molecule has 0 bridgehead atoms. The molecule has 5 N–H and O–H groups in total. The van der Waals surface area contributed by atoms with Crippen molar-refractivity contribution in [1.29, 1.82) is 0 Å². The van der Waals surface area contributed by atoms with E-state index in [0.717, 1.165) is 0 Å². The lowest BCUT2D eigenvalue weighted by Crippen LogP contribution is -2.25. The number of nitrogens with zero attached hydrogens (tertiary/aromatic N) is 4. The Kier molecular flexibility index (Phi) is 3.38. The number of aromatic nitrogens is 5. The largest absolute Gasteiger partial charge is 0.344 e. The van der Waals surface area contributed by atoms with Gasteiger partial charge in [-0.05, 0) is 6.07 Å². The van der Waals surface area contributed by atoms with Gasteiger partial charge in [0.05, 0.1) is 12.1 Å². The van der Waals surface area contributed by atoms with Crippen LogP contribution in [0.25, 0.3) is 0 Å². The summed E-state index contributed by atoms with van der Waals surface area (Å²) in [6.45, 7) is 0.0302. The third kappa shape index (κ3) is 2.38. The highest BCUT2D eigenvalue weighted by atomic mass is 19.1. The lowest BCUT2D eigenvalue weighted by atomic mass is 10.2. The van der Waals surface area contributed by atoms with Crippen LogP contribution in [-0.2, 0) is 6.54 Å². The zero-order valence-electron chi connectivity index (χ0n) is 9.01. The summed E-state index contributed by atoms with van der Waals surface area (Å²) < 4.78 is 13.7. The van der Waals surface area contributed by atoms with E-state index in [0.29, 0.717) is 0 Å². The first-order valence-electron chi connectivity index (χ1n) is 4.84. The number of H-pyrrole nitrogens is 1. The van der Waals surface area contributed by atoms with E-state index in [1.807, 2.05) is 0 Å². The van der Waals surface area contributed by atoms with Crippen molar-refractivity contribution in [2.24, 2.45) is 5.84 Å². The number of pyridine rings is 1. The number of nitrogens with two attached hydrogens (primary N) is 1. The maximum atomic E-state index is 13.7. The van der Waals surface area contributed by atoms with Gasteiger partial charge in [-0.15, -0.1) is 10.2 Å². The average molecular weight is 252 g/mol. The Labute approximate surface area is 99.9 Å². The lowest BCUT2D eigenvalue weighted by molar-refractivity contribution is 0.0946. The van der Waals surface area contributed by atoms with Gasteiger partial charge in [0.1, 0.15) is 0 Å². The van der Waals surface area contributed by atoms with Crippen molar-refractivity contribution < 1.29 is 9.18 Å². The van der Waals surface area contributed by atoms with Crippen LogP contribution in [0.15, 0.2) is 12.3 Å². The van der Waals surface area contributed by atoms with Gasteiger partial charge in [0.2, 0.25) is 0 Å². The van der Waals surface area contributed by atoms with Gasteiger partial charge in [0.25, 0.3) is 5.91 Å². The SMILES string of the molecule is NNc1nccc(C(=O)NCc2nn[nH]n2)c1F. The molecule has 2 heterocycles. The summed E-state index contributed by atoms with van der Waals surface area (Å²) in [4.78, 5) is 15.3. The number of halogens is 1. The Hall–Kier alpha value is -2.62. The number of hydrazine groups is 1. The number of carbonyl (C=O) groups is 1. The Morgan fingerprint density at radius 1 is 1.56 bits per heavy atom. The van der Waals surface area contributed by atoms with E-state index in [2.05, 4.69) is 36.4 Å². The standard InChI is InChI=1S/C8H9FN8O/c9-6-4(1-2-11-7(6)13-10)8(18)12-3-5-14-16-17-15-5/h1-2H,3,10H2,(H,11,13)(H,12,18)(H,14,15,16,17). The zero-order valence-corrected chi connectivity index (χ0v) is 9.01. The molecular formula is C8H9FN8O. The van der Waals surface area contributed by atoms with Crippen LogP contribution in [0.1, 0.15) is 16.2 Å². The topological polar surface area (TPSA) is 134 Å². The van der Waals surface area contributed by atoms with Crippen molar-refractivity contribution in [1.82, 2.24) is 30.9 Å².